The Balaban J connectivity index is 2.05. The van der Waals surface area contributed by atoms with Crippen LogP contribution in [0.3, 0.4) is 0 Å². The van der Waals surface area contributed by atoms with Crippen molar-refractivity contribution in [2.75, 3.05) is 12.3 Å². The van der Waals surface area contributed by atoms with Crippen LogP contribution in [0.4, 0.5) is 0 Å². The summed E-state index contributed by atoms with van der Waals surface area (Å²) in [4.78, 5) is 28.6. The molecule has 0 heterocycles. The van der Waals surface area contributed by atoms with Gasteiger partial charge in [-0.05, 0) is 49.6 Å². The summed E-state index contributed by atoms with van der Waals surface area (Å²) in [7, 11) is 0. The molecule has 1 N–H and O–H groups in total. The highest BCUT2D eigenvalue weighted by Gasteiger charge is 2.26. The van der Waals surface area contributed by atoms with Crippen molar-refractivity contribution < 1.29 is 9.59 Å². The molecule has 0 aliphatic carbocycles. The average molecular weight is 491 g/mol. The first-order valence-corrected chi connectivity index (χ1v) is 12.0. The van der Waals surface area contributed by atoms with Gasteiger partial charge < -0.3 is 10.2 Å². The van der Waals surface area contributed by atoms with Gasteiger partial charge in [0.15, 0.2) is 0 Å². The fraction of sp³-hybridized carbons (Fsp3) is 0.417. The fourth-order valence-electron chi connectivity index (χ4n) is 2.90. The Bertz CT molecular complexity index is 839. The van der Waals surface area contributed by atoms with Gasteiger partial charge in [0.05, 0.1) is 0 Å². The van der Waals surface area contributed by atoms with E-state index in [1.807, 2.05) is 24.3 Å². The van der Waals surface area contributed by atoms with Crippen LogP contribution >= 0.6 is 27.7 Å². The number of benzene rings is 2. The second-order valence-corrected chi connectivity index (χ2v) is 9.96. The molecule has 1 atom stereocenters. The third-order valence-corrected chi connectivity index (χ3v) is 6.21. The van der Waals surface area contributed by atoms with E-state index in [1.165, 1.54) is 5.56 Å². The van der Waals surface area contributed by atoms with E-state index in [1.54, 1.807) is 23.6 Å². The molecule has 2 rings (SSSR count). The van der Waals surface area contributed by atoms with E-state index >= 15 is 0 Å². The lowest BCUT2D eigenvalue weighted by Crippen LogP contribution is -2.48. The lowest BCUT2D eigenvalue weighted by Gasteiger charge is -2.29. The largest absolute Gasteiger partial charge is 0.354 e. The Morgan fingerprint density at radius 2 is 1.80 bits per heavy atom. The number of hydrogen-bond donors (Lipinski definition) is 1. The van der Waals surface area contributed by atoms with Crippen molar-refractivity contribution in [1.29, 1.82) is 0 Å². The quantitative estimate of drug-likeness (QED) is 0.451. The normalized spacial score (nSPS) is 11.9. The van der Waals surface area contributed by atoms with Crippen molar-refractivity contribution >= 4 is 39.5 Å². The molecule has 0 saturated heterocycles. The summed E-state index contributed by atoms with van der Waals surface area (Å²) in [5.41, 5.74) is 2.21. The van der Waals surface area contributed by atoms with Gasteiger partial charge in [-0.3, -0.25) is 9.59 Å². The summed E-state index contributed by atoms with van der Waals surface area (Å²) in [5, 5.41) is 2.95. The second-order valence-electron chi connectivity index (χ2n) is 7.88. The van der Waals surface area contributed by atoms with Crippen molar-refractivity contribution in [3.05, 3.63) is 64.1 Å². The Labute approximate surface area is 192 Å². The minimum atomic E-state index is -0.528. The number of amides is 2. The van der Waals surface area contributed by atoms with Gasteiger partial charge in [-0.2, -0.15) is 0 Å². The highest BCUT2D eigenvalue weighted by Crippen LogP contribution is 2.21. The van der Waals surface area contributed by atoms with Crippen LogP contribution in [0.1, 0.15) is 38.3 Å². The van der Waals surface area contributed by atoms with Crippen LogP contribution in [-0.2, 0) is 16.1 Å². The molecule has 0 spiro atoms. The maximum absolute atomic E-state index is 13.1. The standard InChI is InChI=1S/C24H31BrN2O2S/c1-17(2)15-26-24(29)19(4)27(16-20-6-5-7-21(25)14-20)23(28)12-13-30-22-10-8-18(3)9-11-22/h5-11,14,17,19H,12-13,15-16H2,1-4H3,(H,26,29)/t19-/m1/s1. The van der Waals surface area contributed by atoms with Gasteiger partial charge in [0, 0.05) is 34.6 Å². The third-order valence-electron chi connectivity index (χ3n) is 4.70. The smallest absolute Gasteiger partial charge is 0.242 e. The zero-order valence-electron chi connectivity index (χ0n) is 18.2. The molecule has 4 nitrogen and oxygen atoms in total. The molecule has 0 aliphatic rings. The van der Waals surface area contributed by atoms with Crippen molar-refractivity contribution in [2.45, 2.75) is 51.6 Å². The monoisotopic (exact) mass is 490 g/mol. The number of thioether (sulfide) groups is 1. The molecule has 0 radical (unpaired) electrons. The van der Waals surface area contributed by atoms with E-state index in [0.717, 1.165) is 14.9 Å². The Morgan fingerprint density at radius 1 is 1.10 bits per heavy atom. The molecule has 0 saturated carbocycles. The zero-order chi connectivity index (χ0) is 22.1. The molecule has 162 valence electrons. The van der Waals surface area contributed by atoms with E-state index in [9.17, 15) is 9.59 Å². The number of aryl methyl sites for hydroxylation is 1. The molecule has 30 heavy (non-hydrogen) atoms. The molecule has 2 aromatic rings. The van der Waals surface area contributed by atoms with Crippen molar-refractivity contribution in [2.24, 2.45) is 5.92 Å². The highest BCUT2D eigenvalue weighted by atomic mass is 79.9. The molecular formula is C24H31BrN2O2S. The van der Waals surface area contributed by atoms with Crippen LogP contribution in [0.5, 0.6) is 0 Å². The first-order valence-electron chi connectivity index (χ1n) is 10.3. The van der Waals surface area contributed by atoms with E-state index < -0.39 is 6.04 Å². The Morgan fingerprint density at radius 3 is 2.43 bits per heavy atom. The van der Waals surface area contributed by atoms with E-state index in [4.69, 9.17) is 0 Å². The molecule has 0 fully saturated rings. The van der Waals surface area contributed by atoms with E-state index in [2.05, 4.69) is 66.3 Å². The molecule has 0 aliphatic heterocycles. The van der Waals surface area contributed by atoms with Crippen LogP contribution in [-0.4, -0.2) is 35.1 Å². The van der Waals surface area contributed by atoms with Gasteiger partial charge in [0.2, 0.25) is 11.8 Å². The minimum absolute atomic E-state index is 0.0122. The third kappa shape index (κ3) is 8.15. The molecule has 0 bridgehead atoms. The summed E-state index contributed by atoms with van der Waals surface area (Å²) >= 11 is 5.14. The van der Waals surface area contributed by atoms with Crippen molar-refractivity contribution in [3.63, 3.8) is 0 Å². The molecule has 6 heteroatoms. The first kappa shape index (κ1) is 24.5. The van der Waals surface area contributed by atoms with Gasteiger partial charge in [-0.15, -0.1) is 11.8 Å². The number of rotatable bonds is 10. The van der Waals surface area contributed by atoms with Crippen LogP contribution < -0.4 is 5.32 Å². The summed E-state index contributed by atoms with van der Waals surface area (Å²) in [6.45, 7) is 8.98. The molecule has 0 aromatic heterocycles. The Hall–Kier alpha value is -1.79. The first-order chi connectivity index (χ1) is 14.3. The summed E-state index contributed by atoms with van der Waals surface area (Å²) in [6, 6.07) is 15.6. The van der Waals surface area contributed by atoms with E-state index in [-0.39, 0.29) is 11.8 Å². The van der Waals surface area contributed by atoms with Crippen LogP contribution in [0.2, 0.25) is 0 Å². The van der Waals surface area contributed by atoms with Crippen LogP contribution in [0.15, 0.2) is 57.9 Å². The van der Waals surface area contributed by atoms with Crippen molar-refractivity contribution in [3.8, 4) is 0 Å². The van der Waals surface area contributed by atoms with E-state index in [0.29, 0.717) is 31.2 Å². The SMILES string of the molecule is Cc1ccc(SCCC(=O)N(Cc2cccc(Br)c2)[C@H](C)C(=O)NCC(C)C)cc1. The number of nitrogens with one attached hydrogen (secondary N) is 1. The average Bonchev–Trinajstić information content (AvgIpc) is 2.71. The molecular weight excluding hydrogens is 460 g/mol. The van der Waals surface area contributed by atoms with Crippen molar-refractivity contribution in [1.82, 2.24) is 10.2 Å². The molecule has 2 amide bonds. The maximum atomic E-state index is 13.1. The minimum Gasteiger partial charge on any atom is -0.354 e. The van der Waals surface area contributed by atoms with Crippen LogP contribution in [0.25, 0.3) is 0 Å². The summed E-state index contributed by atoms with van der Waals surface area (Å²) in [6.07, 6.45) is 0.383. The van der Waals surface area contributed by atoms with Gasteiger partial charge in [-0.25, -0.2) is 0 Å². The predicted molar refractivity (Wildman–Crippen MR) is 129 cm³/mol. The zero-order valence-corrected chi connectivity index (χ0v) is 20.6. The summed E-state index contributed by atoms with van der Waals surface area (Å²) < 4.78 is 0.958. The number of hydrogen-bond acceptors (Lipinski definition) is 3. The second kappa shape index (κ2) is 12.2. The highest BCUT2D eigenvalue weighted by molar-refractivity contribution is 9.10. The number of carbonyl (C=O) groups is 2. The predicted octanol–water partition coefficient (Wildman–Crippen LogP) is 5.43. The summed E-state index contributed by atoms with van der Waals surface area (Å²) in [5.74, 6) is 0.915. The lowest BCUT2D eigenvalue weighted by molar-refractivity contribution is -0.140. The molecule has 0 unspecified atom stereocenters. The Kier molecular flexibility index (Phi) is 9.92. The molecule has 2 aromatic carbocycles. The fourth-order valence-corrected chi connectivity index (χ4v) is 4.19. The van der Waals surface area contributed by atoms with Crippen LogP contribution in [0, 0.1) is 12.8 Å². The number of halogens is 1. The van der Waals surface area contributed by atoms with Gasteiger partial charge in [0.25, 0.3) is 0 Å². The number of nitrogens with zero attached hydrogens (tertiary/aromatic N) is 1. The van der Waals surface area contributed by atoms with Gasteiger partial charge in [0.1, 0.15) is 6.04 Å². The number of carbonyl (C=O) groups excluding carboxylic acids is 2. The lowest BCUT2D eigenvalue weighted by atomic mass is 10.1. The van der Waals surface area contributed by atoms with Gasteiger partial charge in [-0.1, -0.05) is 59.6 Å². The van der Waals surface area contributed by atoms with Gasteiger partial charge >= 0.3 is 0 Å². The topological polar surface area (TPSA) is 49.4 Å². The maximum Gasteiger partial charge on any atom is 0.242 e.